The first-order valence-electron chi connectivity index (χ1n) is 9.20. The molecule has 1 aliphatic heterocycles. The zero-order valence-electron chi connectivity index (χ0n) is 16.9. The Kier molecular flexibility index (Phi) is 5.03. The number of anilines is 1. The van der Waals surface area contributed by atoms with Crippen LogP contribution in [0.4, 0.5) is 18.9 Å². The van der Waals surface area contributed by atoms with Crippen LogP contribution in [-0.2, 0) is 13.1 Å². The Morgan fingerprint density at radius 1 is 1.16 bits per heavy atom. The quantitative estimate of drug-likeness (QED) is 0.614. The average molecular weight is 433 g/mol. The Hall–Kier alpha value is -3.63. The molecule has 0 atom stereocenters. The molecule has 0 radical (unpaired) electrons. The van der Waals surface area contributed by atoms with Crippen molar-refractivity contribution in [2.24, 2.45) is 0 Å². The third kappa shape index (κ3) is 3.90. The van der Waals surface area contributed by atoms with E-state index in [1.807, 2.05) is 0 Å². The van der Waals surface area contributed by atoms with Gasteiger partial charge in [0, 0.05) is 18.5 Å². The molecule has 0 bridgehead atoms. The largest absolute Gasteiger partial charge is 0.496 e. The molecule has 0 saturated heterocycles. The number of hydrogen-bond acceptors (Lipinski definition) is 6. The molecule has 4 heterocycles. The van der Waals surface area contributed by atoms with E-state index in [2.05, 4.69) is 15.1 Å². The first-order valence-corrected chi connectivity index (χ1v) is 9.20. The van der Waals surface area contributed by atoms with Crippen LogP contribution in [0.3, 0.4) is 0 Å². The van der Waals surface area contributed by atoms with Gasteiger partial charge in [-0.15, -0.1) is 0 Å². The van der Waals surface area contributed by atoms with Crippen molar-refractivity contribution in [3.8, 4) is 22.9 Å². The van der Waals surface area contributed by atoms with Crippen molar-refractivity contribution in [3.05, 3.63) is 47.5 Å². The van der Waals surface area contributed by atoms with Gasteiger partial charge >= 0.3 is 6.18 Å². The van der Waals surface area contributed by atoms with Gasteiger partial charge in [0.15, 0.2) is 0 Å². The number of methoxy groups -OCH3 is 2. The Morgan fingerprint density at radius 3 is 2.61 bits per heavy atom. The summed E-state index contributed by atoms with van der Waals surface area (Å²) in [5, 5.41) is 3.72. The molecule has 162 valence electrons. The number of halogens is 3. The van der Waals surface area contributed by atoms with Crippen LogP contribution in [0.1, 0.15) is 21.6 Å². The van der Waals surface area contributed by atoms with Gasteiger partial charge in [-0.05, 0) is 18.6 Å². The summed E-state index contributed by atoms with van der Waals surface area (Å²) in [5.41, 5.74) is 3.09. The monoisotopic (exact) mass is 433 g/mol. The highest BCUT2D eigenvalue weighted by Gasteiger charge is 2.34. The summed E-state index contributed by atoms with van der Waals surface area (Å²) in [4.78, 5) is 23.1. The van der Waals surface area contributed by atoms with E-state index >= 15 is 0 Å². The van der Waals surface area contributed by atoms with Crippen molar-refractivity contribution in [1.82, 2.24) is 19.7 Å². The summed E-state index contributed by atoms with van der Waals surface area (Å²) in [7, 11) is 3.01. The fourth-order valence-electron chi connectivity index (χ4n) is 3.50. The number of ether oxygens (including phenoxy) is 2. The van der Waals surface area contributed by atoms with Gasteiger partial charge in [0.2, 0.25) is 5.88 Å². The van der Waals surface area contributed by atoms with Gasteiger partial charge in [-0.25, -0.2) is 9.97 Å². The van der Waals surface area contributed by atoms with Crippen LogP contribution in [0.5, 0.6) is 11.6 Å². The lowest BCUT2D eigenvalue weighted by atomic mass is 10.0. The summed E-state index contributed by atoms with van der Waals surface area (Å²) >= 11 is 0. The van der Waals surface area contributed by atoms with Crippen LogP contribution in [0, 0.1) is 6.92 Å². The third-order valence-electron chi connectivity index (χ3n) is 4.88. The highest BCUT2D eigenvalue weighted by molar-refractivity contribution is 6.10. The van der Waals surface area contributed by atoms with Gasteiger partial charge < -0.3 is 9.47 Å². The summed E-state index contributed by atoms with van der Waals surface area (Å²) in [6.45, 7) is 0.669. The molecule has 4 rings (SSSR count). The van der Waals surface area contributed by atoms with Gasteiger partial charge in [0.1, 0.15) is 12.3 Å². The predicted octanol–water partition coefficient (Wildman–Crippen LogP) is 3.39. The van der Waals surface area contributed by atoms with Crippen molar-refractivity contribution in [2.75, 3.05) is 19.1 Å². The number of alkyl halides is 3. The molecular formula is C20H18F3N5O3. The van der Waals surface area contributed by atoms with Gasteiger partial charge in [0.25, 0.3) is 5.91 Å². The normalized spacial score (nSPS) is 13.5. The number of carbonyl (C=O) groups is 1. The molecule has 1 aliphatic rings. The second-order valence-electron chi connectivity index (χ2n) is 6.98. The van der Waals surface area contributed by atoms with Gasteiger partial charge in [-0.1, -0.05) is 0 Å². The SMILES string of the molecule is COc1cc(OC)c(-c2cc(C)c3c(n2)CN(c2cnn(CC(F)(F)F)c2)C3=O)cn1. The van der Waals surface area contributed by atoms with Crippen LogP contribution >= 0.6 is 0 Å². The molecule has 0 N–H and O–H groups in total. The lowest BCUT2D eigenvalue weighted by molar-refractivity contribution is -0.142. The molecule has 11 heteroatoms. The summed E-state index contributed by atoms with van der Waals surface area (Å²) in [6.07, 6.45) is -0.395. The number of hydrogen-bond donors (Lipinski definition) is 0. The fraction of sp³-hybridized carbons (Fsp3) is 0.300. The maximum atomic E-state index is 12.9. The minimum Gasteiger partial charge on any atom is -0.496 e. The second-order valence-corrected chi connectivity index (χ2v) is 6.98. The lowest BCUT2D eigenvalue weighted by Gasteiger charge is -2.12. The molecule has 8 nitrogen and oxygen atoms in total. The molecule has 3 aromatic heterocycles. The van der Waals surface area contributed by atoms with Crippen LogP contribution < -0.4 is 14.4 Å². The minimum atomic E-state index is -4.40. The minimum absolute atomic E-state index is 0.118. The van der Waals surface area contributed by atoms with E-state index in [4.69, 9.17) is 9.47 Å². The maximum Gasteiger partial charge on any atom is 0.408 e. The number of pyridine rings is 2. The van der Waals surface area contributed by atoms with E-state index in [1.165, 1.54) is 31.5 Å². The number of fused-ring (bicyclic) bond motifs is 1. The molecule has 0 unspecified atom stereocenters. The highest BCUT2D eigenvalue weighted by atomic mass is 19.4. The highest BCUT2D eigenvalue weighted by Crippen LogP contribution is 2.35. The standard InChI is InChI=1S/C20H18F3N5O3/c1-11-4-14(13-7-24-17(31-3)5-16(13)30-2)26-15-9-28(19(29)18(11)15)12-6-25-27(8-12)10-20(21,22)23/h4-8H,9-10H2,1-3H3. The van der Waals surface area contributed by atoms with E-state index in [0.717, 1.165) is 4.68 Å². The van der Waals surface area contributed by atoms with Gasteiger partial charge in [-0.3, -0.25) is 14.4 Å². The van der Waals surface area contributed by atoms with Crippen LogP contribution in [0.2, 0.25) is 0 Å². The Labute approximate surface area is 175 Å². The Morgan fingerprint density at radius 2 is 1.94 bits per heavy atom. The van der Waals surface area contributed by atoms with E-state index < -0.39 is 12.7 Å². The number of carbonyl (C=O) groups excluding carboxylic acids is 1. The summed E-state index contributed by atoms with van der Waals surface area (Å²) in [6, 6.07) is 3.38. The van der Waals surface area contributed by atoms with Crippen molar-refractivity contribution in [3.63, 3.8) is 0 Å². The topological polar surface area (TPSA) is 82.4 Å². The number of amides is 1. The fourth-order valence-corrected chi connectivity index (χ4v) is 3.50. The molecule has 0 aliphatic carbocycles. The Bertz CT molecular complexity index is 1160. The van der Waals surface area contributed by atoms with E-state index in [1.54, 1.807) is 25.3 Å². The zero-order chi connectivity index (χ0) is 22.3. The molecule has 3 aromatic rings. The smallest absolute Gasteiger partial charge is 0.408 e. The number of aryl methyl sites for hydroxylation is 1. The zero-order valence-corrected chi connectivity index (χ0v) is 16.9. The van der Waals surface area contributed by atoms with Crippen LogP contribution in [0.25, 0.3) is 11.3 Å². The van der Waals surface area contributed by atoms with Crippen LogP contribution in [0.15, 0.2) is 30.7 Å². The first kappa shape index (κ1) is 20.6. The van der Waals surface area contributed by atoms with Crippen molar-refractivity contribution in [2.45, 2.75) is 26.2 Å². The average Bonchev–Trinajstić information content (AvgIpc) is 3.30. The molecular weight excluding hydrogens is 415 g/mol. The van der Waals surface area contributed by atoms with Crippen LogP contribution in [-0.4, -0.2) is 46.1 Å². The lowest BCUT2D eigenvalue weighted by Crippen LogP contribution is -2.23. The number of nitrogens with zero attached hydrogens (tertiary/aromatic N) is 5. The Balaban J connectivity index is 1.67. The first-order chi connectivity index (χ1) is 14.7. The van der Waals surface area contributed by atoms with E-state index in [-0.39, 0.29) is 18.1 Å². The second kappa shape index (κ2) is 7.56. The number of aromatic nitrogens is 4. The summed E-state index contributed by atoms with van der Waals surface area (Å²) in [5.74, 6) is 0.557. The van der Waals surface area contributed by atoms with Crippen molar-refractivity contribution >= 4 is 11.6 Å². The molecule has 0 spiro atoms. The van der Waals surface area contributed by atoms with E-state index in [0.29, 0.717) is 39.7 Å². The molecule has 0 fully saturated rings. The van der Waals surface area contributed by atoms with Gasteiger partial charge in [0.05, 0.1) is 55.2 Å². The third-order valence-corrected chi connectivity index (χ3v) is 4.88. The van der Waals surface area contributed by atoms with Gasteiger partial charge in [-0.2, -0.15) is 18.3 Å². The van der Waals surface area contributed by atoms with Crippen molar-refractivity contribution < 1.29 is 27.4 Å². The molecule has 31 heavy (non-hydrogen) atoms. The maximum absolute atomic E-state index is 12.9. The summed E-state index contributed by atoms with van der Waals surface area (Å²) < 4.78 is 49.1. The molecule has 0 saturated carbocycles. The molecule has 1 amide bonds. The van der Waals surface area contributed by atoms with E-state index in [9.17, 15) is 18.0 Å². The number of rotatable bonds is 5. The molecule has 0 aromatic carbocycles. The predicted molar refractivity (Wildman–Crippen MR) is 104 cm³/mol. The van der Waals surface area contributed by atoms with Crippen molar-refractivity contribution in [1.29, 1.82) is 0 Å².